The molecule has 2 rings (SSSR count). The Labute approximate surface area is 103 Å². The highest BCUT2D eigenvalue weighted by Gasteiger charge is 2.23. The number of nitrogens with one attached hydrogen (secondary N) is 1. The molecule has 0 radical (unpaired) electrons. The van der Waals surface area contributed by atoms with Gasteiger partial charge < -0.3 is 10.2 Å². The molecule has 3 nitrogen and oxygen atoms in total. The zero-order valence-electron chi connectivity index (χ0n) is 10.8. The minimum atomic E-state index is 0.212. The first-order chi connectivity index (χ1) is 8.08. The van der Waals surface area contributed by atoms with Gasteiger partial charge in [-0.25, -0.2) is 0 Å². The largest absolute Gasteiger partial charge is 0.316 e. The molecular formula is C14H20N2O. The monoisotopic (exact) mass is 232 g/mol. The van der Waals surface area contributed by atoms with E-state index in [4.69, 9.17) is 0 Å². The van der Waals surface area contributed by atoms with Gasteiger partial charge in [0.05, 0.1) is 0 Å². The van der Waals surface area contributed by atoms with E-state index >= 15 is 0 Å². The third kappa shape index (κ3) is 2.67. The molecule has 1 fully saturated rings. The zero-order valence-corrected chi connectivity index (χ0v) is 10.8. The maximum Gasteiger partial charge on any atom is 0.227 e. The van der Waals surface area contributed by atoms with Crippen molar-refractivity contribution in [2.45, 2.75) is 20.3 Å². The summed E-state index contributed by atoms with van der Waals surface area (Å²) in [5.41, 5.74) is 3.41. The maximum absolute atomic E-state index is 12.1. The summed E-state index contributed by atoms with van der Waals surface area (Å²) < 4.78 is 0. The van der Waals surface area contributed by atoms with Crippen LogP contribution in [0.2, 0.25) is 0 Å². The van der Waals surface area contributed by atoms with E-state index in [2.05, 4.69) is 31.3 Å². The van der Waals surface area contributed by atoms with E-state index < -0.39 is 0 Å². The molecule has 0 atom stereocenters. The van der Waals surface area contributed by atoms with Crippen molar-refractivity contribution in [3.63, 3.8) is 0 Å². The minimum Gasteiger partial charge on any atom is -0.316 e. The molecule has 0 aliphatic carbocycles. The van der Waals surface area contributed by atoms with Gasteiger partial charge in [-0.15, -0.1) is 0 Å². The van der Waals surface area contributed by atoms with Crippen molar-refractivity contribution in [1.82, 2.24) is 5.32 Å². The van der Waals surface area contributed by atoms with Gasteiger partial charge in [0.25, 0.3) is 0 Å². The van der Waals surface area contributed by atoms with Crippen LogP contribution in [0.5, 0.6) is 0 Å². The molecule has 1 N–H and O–H groups in total. The molecule has 1 aliphatic rings. The summed E-state index contributed by atoms with van der Waals surface area (Å²) in [6.07, 6.45) is 0.650. The van der Waals surface area contributed by atoms with Crippen LogP contribution in [0.25, 0.3) is 0 Å². The minimum absolute atomic E-state index is 0.212. The lowest BCUT2D eigenvalue weighted by atomic mass is 9.98. The van der Waals surface area contributed by atoms with E-state index in [1.807, 2.05) is 13.1 Å². The molecular weight excluding hydrogens is 212 g/mol. The molecule has 92 valence electrons. The Balaban J connectivity index is 2.06. The fraction of sp³-hybridized carbons (Fsp3) is 0.500. The number of nitrogens with zero attached hydrogens (tertiary/aromatic N) is 1. The van der Waals surface area contributed by atoms with Crippen molar-refractivity contribution in [1.29, 1.82) is 0 Å². The highest BCUT2D eigenvalue weighted by Crippen LogP contribution is 2.22. The first-order valence-corrected chi connectivity index (χ1v) is 6.12. The van der Waals surface area contributed by atoms with Crippen LogP contribution >= 0.6 is 0 Å². The normalized spacial score (nSPS) is 15.5. The first kappa shape index (κ1) is 12.1. The van der Waals surface area contributed by atoms with E-state index in [0.29, 0.717) is 12.3 Å². The lowest BCUT2D eigenvalue weighted by Gasteiger charge is -2.29. The number of amides is 1. The van der Waals surface area contributed by atoms with Crippen molar-refractivity contribution in [2.75, 3.05) is 25.0 Å². The van der Waals surface area contributed by atoms with E-state index in [-0.39, 0.29) is 5.91 Å². The van der Waals surface area contributed by atoms with E-state index in [1.165, 1.54) is 5.56 Å². The molecule has 0 saturated carbocycles. The summed E-state index contributed by atoms with van der Waals surface area (Å²) in [5, 5.41) is 3.19. The molecule has 0 unspecified atom stereocenters. The summed E-state index contributed by atoms with van der Waals surface area (Å²) in [6, 6.07) is 6.20. The summed E-state index contributed by atoms with van der Waals surface area (Å²) >= 11 is 0. The van der Waals surface area contributed by atoms with Crippen LogP contribution in [0.1, 0.15) is 17.5 Å². The Morgan fingerprint density at radius 3 is 2.65 bits per heavy atom. The standard InChI is InChI=1S/C14H20N2O/c1-10-4-5-13(11(2)6-10)16(3)14(17)7-12-8-15-9-12/h4-6,12,15H,7-9H2,1-3H3. The van der Waals surface area contributed by atoms with Crippen LogP contribution in [0.4, 0.5) is 5.69 Å². The molecule has 0 spiro atoms. The highest BCUT2D eigenvalue weighted by atomic mass is 16.2. The number of rotatable bonds is 3. The Bertz CT molecular complexity index is 424. The molecule has 17 heavy (non-hydrogen) atoms. The number of anilines is 1. The van der Waals surface area contributed by atoms with Gasteiger partial charge in [0.2, 0.25) is 5.91 Å². The SMILES string of the molecule is Cc1ccc(N(C)C(=O)CC2CNC2)c(C)c1. The van der Waals surface area contributed by atoms with Crippen molar-refractivity contribution in [2.24, 2.45) is 5.92 Å². The molecule has 1 aromatic carbocycles. The van der Waals surface area contributed by atoms with Crippen molar-refractivity contribution in [3.8, 4) is 0 Å². The quantitative estimate of drug-likeness (QED) is 0.863. The summed E-state index contributed by atoms with van der Waals surface area (Å²) in [5.74, 6) is 0.735. The Morgan fingerprint density at radius 1 is 1.41 bits per heavy atom. The Kier molecular flexibility index (Phi) is 3.48. The van der Waals surface area contributed by atoms with E-state index in [1.54, 1.807) is 4.90 Å². The predicted octanol–water partition coefficient (Wildman–Crippen LogP) is 1.88. The van der Waals surface area contributed by atoms with Gasteiger partial charge in [0.15, 0.2) is 0 Å². The summed E-state index contributed by atoms with van der Waals surface area (Å²) in [6.45, 7) is 6.08. The Morgan fingerprint density at radius 2 is 2.12 bits per heavy atom. The molecule has 0 aromatic heterocycles. The first-order valence-electron chi connectivity index (χ1n) is 6.12. The van der Waals surface area contributed by atoms with Gasteiger partial charge in [-0.05, 0) is 44.5 Å². The van der Waals surface area contributed by atoms with Crippen LogP contribution < -0.4 is 10.2 Å². The van der Waals surface area contributed by atoms with Gasteiger partial charge in [-0.3, -0.25) is 4.79 Å². The van der Waals surface area contributed by atoms with Crippen molar-refractivity contribution >= 4 is 11.6 Å². The van der Waals surface area contributed by atoms with E-state index in [9.17, 15) is 4.79 Å². The summed E-state index contributed by atoms with van der Waals surface area (Å²) in [7, 11) is 1.87. The number of hydrogen-bond donors (Lipinski definition) is 1. The number of hydrogen-bond acceptors (Lipinski definition) is 2. The molecule has 3 heteroatoms. The highest BCUT2D eigenvalue weighted by molar-refractivity contribution is 5.93. The number of carbonyl (C=O) groups is 1. The molecule has 1 aromatic rings. The topological polar surface area (TPSA) is 32.3 Å². The lowest BCUT2D eigenvalue weighted by molar-refractivity contribution is -0.119. The van der Waals surface area contributed by atoms with Crippen molar-refractivity contribution in [3.05, 3.63) is 29.3 Å². The van der Waals surface area contributed by atoms with Crippen molar-refractivity contribution < 1.29 is 4.79 Å². The number of aryl methyl sites for hydroxylation is 2. The van der Waals surface area contributed by atoms with Gasteiger partial charge in [0.1, 0.15) is 0 Å². The van der Waals surface area contributed by atoms with Gasteiger partial charge in [0, 0.05) is 19.2 Å². The zero-order chi connectivity index (χ0) is 12.4. The molecule has 1 aliphatic heterocycles. The number of carbonyl (C=O) groups excluding carboxylic acids is 1. The summed E-state index contributed by atoms with van der Waals surface area (Å²) in [4.78, 5) is 13.9. The molecule has 1 amide bonds. The third-order valence-electron chi connectivity index (χ3n) is 3.42. The van der Waals surface area contributed by atoms with E-state index in [0.717, 1.165) is 24.3 Å². The van der Waals surface area contributed by atoms with Crippen LogP contribution in [-0.2, 0) is 4.79 Å². The second kappa shape index (κ2) is 4.88. The van der Waals surface area contributed by atoms with Crippen LogP contribution in [0.3, 0.4) is 0 Å². The van der Waals surface area contributed by atoms with Crippen LogP contribution in [0.15, 0.2) is 18.2 Å². The lowest BCUT2D eigenvalue weighted by Crippen LogP contribution is -2.44. The average molecular weight is 232 g/mol. The molecule has 0 bridgehead atoms. The molecule has 1 saturated heterocycles. The molecule has 1 heterocycles. The number of benzene rings is 1. The fourth-order valence-electron chi connectivity index (χ4n) is 2.19. The second-order valence-corrected chi connectivity index (χ2v) is 4.97. The maximum atomic E-state index is 12.1. The average Bonchev–Trinajstić information content (AvgIpc) is 2.22. The van der Waals surface area contributed by atoms with Crippen LogP contribution in [-0.4, -0.2) is 26.0 Å². The fourth-order valence-corrected chi connectivity index (χ4v) is 2.19. The Hall–Kier alpha value is -1.35. The van der Waals surface area contributed by atoms with Gasteiger partial charge in [-0.1, -0.05) is 17.7 Å². The van der Waals surface area contributed by atoms with Crippen LogP contribution in [0, 0.1) is 19.8 Å². The van der Waals surface area contributed by atoms with Gasteiger partial charge >= 0.3 is 0 Å². The smallest absolute Gasteiger partial charge is 0.227 e. The predicted molar refractivity (Wildman–Crippen MR) is 70.3 cm³/mol. The van der Waals surface area contributed by atoms with Gasteiger partial charge in [-0.2, -0.15) is 0 Å². The third-order valence-corrected chi connectivity index (χ3v) is 3.42. The second-order valence-electron chi connectivity index (χ2n) is 4.97.